The Balaban J connectivity index is 2.53. The largest absolute Gasteiger partial charge is 0.462 e. The molecule has 0 fully saturated rings. The van der Waals surface area contributed by atoms with E-state index in [1.807, 2.05) is 32.0 Å². The lowest BCUT2D eigenvalue weighted by molar-refractivity contribution is -0.101. The first-order valence-corrected chi connectivity index (χ1v) is 4.07. The van der Waals surface area contributed by atoms with Gasteiger partial charge in [-0.25, -0.2) is 0 Å². The molecule has 1 unspecified atom stereocenters. The zero-order chi connectivity index (χ0) is 8.97. The molecule has 0 saturated carbocycles. The molecule has 65 valence electrons. The van der Waals surface area contributed by atoms with Crippen molar-refractivity contribution in [3.05, 3.63) is 30.3 Å². The summed E-state index contributed by atoms with van der Waals surface area (Å²) in [5, 5.41) is 11.2. The third kappa shape index (κ3) is 2.55. The van der Waals surface area contributed by atoms with Crippen LogP contribution in [0.1, 0.15) is 13.8 Å². The molecular weight excluding hydrogens is 152 g/mol. The van der Waals surface area contributed by atoms with Gasteiger partial charge in [-0.2, -0.15) is 5.11 Å². The van der Waals surface area contributed by atoms with Gasteiger partial charge in [-0.3, -0.25) is 0 Å². The van der Waals surface area contributed by atoms with Gasteiger partial charge in [-0.05, 0) is 12.1 Å². The number of para-hydroxylation sites is 1. The summed E-state index contributed by atoms with van der Waals surface area (Å²) in [6.45, 7) is 3.70. The van der Waals surface area contributed by atoms with Gasteiger partial charge in [0.25, 0.3) is 0 Å². The second-order valence-electron chi connectivity index (χ2n) is 3.04. The Morgan fingerprint density at radius 3 is 2.25 bits per heavy atom. The Labute approximate surface area is 72.8 Å². The van der Waals surface area contributed by atoms with Gasteiger partial charge in [0.05, 0.1) is 0 Å². The third-order valence-electron chi connectivity index (χ3n) is 1.54. The Hall–Kier alpha value is -1.02. The molecule has 1 rings (SSSR count). The molecule has 2 heteroatoms. The smallest absolute Gasteiger partial charge is 0.233 e. The molecule has 1 aromatic carbocycles. The second-order valence-corrected chi connectivity index (χ2v) is 3.04. The minimum atomic E-state index is -0.965. The molecule has 0 heterocycles. The van der Waals surface area contributed by atoms with E-state index in [0.29, 0.717) is 5.75 Å². The van der Waals surface area contributed by atoms with Crippen LogP contribution in [0.3, 0.4) is 0 Å². The van der Waals surface area contributed by atoms with Crippen molar-refractivity contribution in [2.45, 2.75) is 20.1 Å². The minimum Gasteiger partial charge on any atom is -0.462 e. The lowest BCUT2D eigenvalue weighted by Gasteiger charge is -2.13. The Kier molecular flexibility index (Phi) is 3.11. The van der Waals surface area contributed by atoms with Crippen LogP contribution in [0.15, 0.2) is 30.3 Å². The summed E-state index contributed by atoms with van der Waals surface area (Å²) >= 11 is 0. The molecule has 12 heavy (non-hydrogen) atoms. The maximum absolute atomic E-state index is 11.2. The maximum Gasteiger partial charge on any atom is 0.233 e. The second kappa shape index (κ2) is 4.12. The van der Waals surface area contributed by atoms with E-state index in [4.69, 9.17) is 4.74 Å². The molecule has 1 aromatic rings. The molecule has 2 nitrogen and oxygen atoms in total. The van der Waals surface area contributed by atoms with E-state index in [0.717, 1.165) is 0 Å². The summed E-state index contributed by atoms with van der Waals surface area (Å²) in [5.41, 5.74) is 0. The van der Waals surface area contributed by atoms with E-state index in [-0.39, 0.29) is 5.92 Å². The molecule has 0 aromatic heterocycles. The van der Waals surface area contributed by atoms with Gasteiger partial charge >= 0.3 is 0 Å². The van der Waals surface area contributed by atoms with Crippen LogP contribution in [0.4, 0.5) is 0 Å². The predicted molar refractivity (Wildman–Crippen MR) is 46.4 cm³/mol. The van der Waals surface area contributed by atoms with Gasteiger partial charge < -0.3 is 4.74 Å². The standard InChI is InChI=1S/C10H13O2/c1-8(2)10(11)12-9-6-4-3-5-7-9/h3-8,10H,1-2H3. The first-order chi connectivity index (χ1) is 5.70. The average molecular weight is 165 g/mol. The molecule has 0 aliphatic rings. The highest BCUT2D eigenvalue weighted by atomic mass is 16.6. The minimum absolute atomic E-state index is 0.00482. The summed E-state index contributed by atoms with van der Waals surface area (Å²) in [5.74, 6) is 0.649. The van der Waals surface area contributed by atoms with Crippen LogP contribution < -0.4 is 4.74 Å². The van der Waals surface area contributed by atoms with Crippen molar-refractivity contribution >= 4 is 0 Å². The fourth-order valence-electron chi connectivity index (χ4n) is 0.769. The molecule has 0 amide bonds. The molecule has 1 atom stereocenters. The van der Waals surface area contributed by atoms with Crippen molar-refractivity contribution < 1.29 is 9.84 Å². The Morgan fingerprint density at radius 2 is 1.75 bits per heavy atom. The van der Waals surface area contributed by atoms with Crippen LogP contribution in [-0.4, -0.2) is 6.29 Å². The van der Waals surface area contributed by atoms with Gasteiger partial charge in [-0.15, -0.1) is 0 Å². The first-order valence-electron chi connectivity index (χ1n) is 4.07. The highest BCUT2D eigenvalue weighted by molar-refractivity contribution is 5.20. The number of rotatable bonds is 3. The van der Waals surface area contributed by atoms with Crippen LogP contribution >= 0.6 is 0 Å². The number of hydrogen-bond donors (Lipinski definition) is 0. The van der Waals surface area contributed by atoms with Gasteiger partial charge in [-0.1, -0.05) is 32.0 Å². The zero-order valence-corrected chi connectivity index (χ0v) is 7.36. The first kappa shape index (κ1) is 9.07. The van der Waals surface area contributed by atoms with Crippen molar-refractivity contribution in [3.63, 3.8) is 0 Å². The molecule has 0 spiro atoms. The van der Waals surface area contributed by atoms with Gasteiger partial charge in [0.15, 0.2) is 0 Å². The van der Waals surface area contributed by atoms with E-state index in [2.05, 4.69) is 0 Å². The lowest BCUT2D eigenvalue weighted by Crippen LogP contribution is -2.20. The topological polar surface area (TPSA) is 29.1 Å². The lowest BCUT2D eigenvalue weighted by atomic mass is 10.2. The van der Waals surface area contributed by atoms with Crippen LogP contribution in [0.2, 0.25) is 0 Å². The number of ether oxygens (including phenoxy) is 1. The summed E-state index contributed by atoms with van der Waals surface area (Å²) < 4.78 is 5.12. The normalized spacial score (nSPS) is 13.0. The molecule has 0 aliphatic heterocycles. The monoisotopic (exact) mass is 165 g/mol. The highest BCUT2D eigenvalue weighted by Gasteiger charge is 2.11. The summed E-state index contributed by atoms with van der Waals surface area (Å²) in [6, 6.07) is 9.16. The maximum atomic E-state index is 11.2. The molecular formula is C10H13O2. The highest BCUT2D eigenvalue weighted by Crippen LogP contribution is 2.13. The summed E-state index contributed by atoms with van der Waals surface area (Å²) in [4.78, 5) is 0. The van der Waals surface area contributed by atoms with Crippen molar-refractivity contribution in [1.82, 2.24) is 0 Å². The predicted octanol–water partition coefficient (Wildman–Crippen LogP) is 2.48. The van der Waals surface area contributed by atoms with Crippen molar-refractivity contribution in [1.29, 1.82) is 0 Å². The van der Waals surface area contributed by atoms with E-state index < -0.39 is 6.29 Å². The van der Waals surface area contributed by atoms with Crippen LogP contribution in [0, 0.1) is 5.92 Å². The quantitative estimate of drug-likeness (QED) is 0.632. The molecule has 1 radical (unpaired) electrons. The summed E-state index contributed by atoms with van der Waals surface area (Å²) in [7, 11) is 0. The summed E-state index contributed by atoms with van der Waals surface area (Å²) in [6.07, 6.45) is -0.965. The third-order valence-corrected chi connectivity index (χ3v) is 1.54. The van der Waals surface area contributed by atoms with Crippen LogP contribution in [-0.2, 0) is 5.11 Å². The number of hydrogen-bond acceptors (Lipinski definition) is 1. The molecule has 0 N–H and O–H groups in total. The SMILES string of the molecule is CC(C)C([O])Oc1ccccc1. The average Bonchev–Trinajstić information content (AvgIpc) is 2.06. The van der Waals surface area contributed by atoms with Crippen molar-refractivity contribution in [2.75, 3.05) is 0 Å². The van der Waals surface area contributed by atoms with Gasteiger partial charge in [0, 0.05) is 5.92 Å². The number of benzene rings is 1. The fraction of sp³-hybridized carbons (Fsp3) is 0.400. The zero-order valence-electron chi connectivity index (χ0n) is 7.36. The van der Waals surface area contributed by atoms with Crippen LogP contribution in [0.5, 0.6) is 5.75 Å². The Bertz CT molecular complexity index is 219. The van der Waals surface area contributed by atoms with E-state index >= 15 is 0 Å². The van der Waals surface area contributed by atoms with Gasteiger partial charge in [0.1, 0.15) is 5.75 Å². The van der Waals surface area contributed by atoms with E-state index in [1.54, 1.807) is 12.1 Å². The molecule has 0 bridgehead atoms. The fourth-order valence-corrected chi connectivity index (χ4v) is 0.769. The molecule has 0 saturated heterocycles. The van der Waals surface area contributed by atoms with E-state index in [1.165, 1.54) is 0 Å². The van der Waals surface area contributed by atoms with Gasteiger partial charge in [0.2, 0.25) is 6.29 Å². The molecule has 0 aliphatic carbocycles. The van der Waals surface area contributed by atoms with E-state index in [9.17, 15) is 5.11 Å². The van der Waals surface area contributed by atoms with Crippen LogP contribution in [0.25, 0.3) is 0 Å². The van der Waals surface area contributed by atoms with Crippen molar-refractivity contribution in [3.8, 4) is 5.75 Å². The Morgan fingerprint density at radius 1 is 1.17 bits per heavy atom. The van der Waals surface area contributed by atoms with Crippen molar-refractivity contribution in [2.24, 2.45) is 5.92 Å².